The Labute approximate surface area is 171 Å². The number of benzene rings is 2. The highest BCUT2D eigenvalue weighted by Gasteiger charge is 2.38. The first-order valence-corrected chi connectivity index (χ1v) is 9.27. The number of alkyl halides is 3. The zero-order valence-electron chi connectivity index (χ0n) is 16.5. The Bertz CT molecular complexity index is 902. The molecule has 1 N–H and O–H groups in total. The van der Waals surface area contributed by atoms with Gasteiger partial charge in [0, 0.05) is 19.0 Å². The molecule has 2 atom stereocenters. The van der Waals surface area contributed by atoms with Gasteiger partial charge in [-0.3, -0.25) is 4.79 Å². The lowest BCUT2D eigenvalue weighted by Gasteiger charge is -2.36. The lowest BCUT2D eigenvalue weighted by Crippen LogP contribution is -2.51. The van der Waals surface area contributed by atoms with Gasteiger partial charge < -0.3 is 24.2 Å². The number of hydrogen-bond acceptors (Lipinski definition) is 5. The number of amides is 1. The Morgan fingerprint density at radius 1 is 1.10 bits per heavy atom. The summed E-state index contributed by atoms with van der Waals surface area (Å²) in [6.45, 7) is 0.0169. The van der Waals surface area contributed by atoms with Gasteiger partial charge in [0.1, 0.15) is 18.0 Å². The lowest BCUT2D eigenvalue weighted by atomic mass is 10.0. The molecule has 1 fully saturated rings. The second-order valence-corrected chi connectivity index (χ2v) is 6.82. The minimum Gasteiger partial charge on any atom is -0.493 e. The molecule has 9 heteroatoms. The third kappa shape index (κ3) is 4.62. The van der Waals surface area contributed by atoms with E-state index in [9.17, 15) is 23.1 Å². The van der Waals surface area contributed by atoms with E-state index in [0.717, 1.165) is 12.1 Å². The summed E-state index contributed by atoms with van der Waals surface area (Å²) < 4.78 is 55.8. The average Bonchev–Trinajstić information content (AvgIpc) is 2.74. The van der Waals surface area contributed by atoms with Crippen molar-refractivity contribution in [1.82, 2.24) is 4.90 Å². The number of aliphatic hydroxyl groups excluding tert-OH is 1. The van der Waals surface area contributed by atoms with Crippen LogP contribution in [0, 0.1) is 0 Å². The van der Waals surface area contributed by atoms with Gasteiger partial charge in [0.25, 0.3) is 5.91 Å². The SMILES string of the molecule is COc1ccc(O[C@@H]2CCN(C(=O)c3ccccc3C(F)(F)F)C[C@H]2O)cc1OC. The minimum atomic E-state index is -4.64. The molecule has 1 amide bonds. The first kappa shape index (κ1) is 21.8. The molecule has 1 aliphatic rings. The molecule has 0 spiro atoms. The summed E-state index contributed by atoms with van der Waals surface area (Å²) in [7, 11) is 2.99. The quantitative estimate of drug-likeness (QED) is 0.796. The molecular formula is C21H22F3NO5. The third-order valence-electron chi connectivity index (χ3n) is 4.91. The number of likely N-dealkylation sites (tertiary alicyclic amines) is 1. The maximum absolute atomic E-state index is 13.2. The predicted octanol–water partition coefficient (Wildman–Crippen LogP) is 3.38. The van der Waals surface area contributed by atoms with Crippen LogP contribution in [0.3, 0.4) is 0 Å². The normalized spacial score (nSPS) is 19.3. The molecule has 0 aromatic heterocycles. The van der Waals surface area contributed by atoms with E-state index >= 15 is 0 Å². The largest absolute Gasteiger partial charge is 0.493 e. The van der Waals surface area contributed by atoms with Crippen LogP contribution < -0.4 is 14.2 Å². The zero-order valence-corrected chi connectivity index (χ0v) is 16.5. The summed E-state index contributed by atoms with van der Waals surface area (Å²) in [5.74, 6) is 0.653. The molecule has 2 aromatic rings. The summed E-state index contributed by atoms with van der Waals surface area (Å²) >= 11 is 0. The van der Waals surface area contributed by atoms with Crippen LogP contribution in [0.2, 0.25) is 0 Å². The summed E-state index contributed by atoms with van der Waals surface area (Å²) in [5.41, 5.74) is -1.43. The lowest BCUT2D eigenvalue weighted by molar-refractivity contribution is -0.138. The van der Waals surface area contributed by atoms with Crippen LogP contribution in [0.4, 0.5) is 13.2 Å². The number of carbonyl (C=O) groups excluding carboxylic acids is 1. The highest BCUT2D eigenvalue weighted by molar-refractivity contribution is 5.96. The fourth-order valence-electron chi connectivity index (χ4n) is 3.38. The van der Waals surface area contributed by atoms with E-state index in [1.807, 2.05) is 0 Å². The number of aliphatic hydroxyl groups is 1. The Morgan fingerprint density at radius 2 is 1.80 bits per heavy atom. The molecule has 30 heavy (non-hydrogen) atoms. The second kappa shape index (κ2) is 8.83. The van der Waals surface area contributed by atoms with Crippen molar-refractivity contribution >= 4 is 5.91 Å². The molecule has 2 aromatic carbocycles. The maximum Gasteiger partial charge on any atom is 0.417 e. The van der Waals surface area contributed by atoms with Crippen molar-refractivity contribution in [3.63, 3.8) is 0 Å². The van der Waals surface area contributed by atoms with Crippen molar-refractivity contribution in [1.29, 1.82) is 0 Å². The number of methoxy groups -OCH3 is 2. The average molecular weight is 425 g/mol. The van der Waals surface area contributed by atoms with Gasteiger partial charge in [-0.05, 0) is 24.3 Å². The standard InChI is InChI=1S/C21H22F3NO5/c1-28-18-8-7-13(11-19(18)29-2)30-17-9-10-25(12-16(17)26)20(27)14-5-3-4-6-15(14)21(22,23)24/h3-8,11,16-17,26H,9-10,12H2,1-2H3/t16-,17-/m1/s1. The number of β-amino-alcohol motifs (C(OH)–C–C–N with tert-alkyl or cyclic N) is 1. The van der Waals surface area contributed by atoms with E-state index in [0.29, 0.717) is 17.2 Å². The van der Waals surface area contributed by atoms with Gasteiger partial charge in [-0.1, -0.05) is 12.1 Å². The minimum absolute atomic E-state index is 0.136. The number of rotatable bonds is 5. The van der Waals surface area contributed by atoms with Crippen LogP contribution in [0.1, 0.15) is 22.3 Å². The highest BCUT2D eigenvalue weighted by Crippen LogP contribution is 2.34. The number of hydrogen-bond donors (Lipinski definition) is 1. The summed E-state index contributed by atoms with van der Waals surface area (Å²) in [6.07, 6.45) is -6.06. The number of ether oxygens (including phenoxy) is 3. The van der Waals surface area contributed by atoms with Crippen molar-refractivity contribution in [3.8, 4) is 17.2 Å². The molecule has 3 rings (SSSR count). The van der Waals surface area contributed by atoms with Crippen molar-refractivity contribution in [3.05, 3.63) is 53.6 Å². The van der Waals surface area contributed by atoms with Crippen molar-refractivity contribution in [2.24, 2.45) is 0 Å². The summed E-state index contributed by atoms with van der Waals surface area (Å²) in [6, 6.07) is 9.56. The predicted molar refractivity (Wildman–Crippen MR) is 102 cm³/mol. The Balaban J connectivity index is 1.69. The van der Waals surface area contributed by atoms with Crippen molar-refractivity contribution in [2.75, 3.05) is 27.3 Å². The fourth-order valence-corrected chi connectivity index (χ4v) is 3.38. The van der Waals surface area contributed by atoms with Crippen molar-refractivity contribution < 1.29 is 37.3 Å². The first-order valence-electron chi connectivity index (χ1n) is 9.27. The topological polar surface area (TPSA) is 68.2 Å². The van der Waals surface area contributed by atoms with Gasteiger partial charge in [-0.15, -0.1) is 0 Å². The molecule has 1 heterocycles. The molecule has 0 unspecified atom stereocenters. The molecule has 0 aliphatic carbocycles. The summed E-state index contributed by atoms with van der Waals surface area (Å²) in [4.78, 5) is 13.9. The smallest absolute Gasteiger partial charge is 0.417 e. The van der Waals surface area contributed by atoms with Gasteiger partial charge in [-0.2, -0.15) is 13.2 Å². The van der Waals surface area contributed by atoms with Crippen LogP contribution in [0.15, 0.2) is 42.5 Å². The van der Waals surface area contributed by atoms with Crippen LogP contribution in [-0.2, 0) is 6.18 Å². The molecule has 162 valence electrons. The maximum atomic E-state index is 13.2. The van der Waals surface area contributed by atoms with Crippen LogP contribution >= 0.6 is 0 Å². The molecule has 1 aliphatic heterocycles. The molecule has 6 nitrogen and oxygen atoms in total. The van der Waals surface area contributed by atoms with Gasteiger partial charge in [0.2, 0.25) is 0 Å². The van der Waals surface area contributed by atoms with E-state index in [2.05, 4.69) is 0 Å². The monoisotopic (exact) mass is 425 g/mol. The fraction of sp³-hybridized carbons (Fsp3) is 0.381. The van der Waals surface area contributed by atoms with E-state index in [4.69, 9.17) is 14.2 Å². The number of piperidine rings is 1. The zero-order chi connectivity index (χ0) is 21.9. The van der Waals surface area contributed by atoms with Crippen LogP contribution in [0.5, 0.6) is 17.2 Å². The van der Waals surface area contributed by atoms with E-state index in [-0.39, 0.29) is 19.5 Å². The van der Waals surface area contributed by atoms with E-state index < -0.39 is 35.4 Å². The van der Waals surface area contributed by atoms with Crippen LogP contribution in [0.25, 0.3) is 0 Å². The second-order valence-electron chi connectivity index (χ2n) is 6.82. The van der Waals surface area contributed by atoms with E-state index in [1.54, 1.807) is 18.2 Å². The van der Waals surface area contributed by atoms with Gasteiger partial charge in [0.15, 0.2) is 11.5 Å². The first-order chi connectivity index (χ1) is 14.2. The number of nitrogens with zero attached hydrogens (tertiary/aromatic N) is 1. The highest BCUT2D eigenvalue weighted by atomic mass is 19.4. The molecule has 0 bridgehead atoms. The molecule has 0 radical (unpaired) electrons. The molecule has 1 saturated heterocycles. The van der Waals surface area contributed by atoms with Crippen molar-refractivity contribution in [2.45, 2.75) is 24.8 Å². The molecule has 0 saturated carbocycles. The molecular weight excluding hydrogens is 403 g/mol. The van der Waals surface area contributed by atoms with Gasteiger partial charge in [0.05, 0.1) is 31.9 Å². The Morgan fingerprint density at radius 3 is 2.43 bits per heavy atom. The van der Waals surface area contributed by atoms with E-state index in [1.165, 1.54) is 31.3 Å². The number of halogens is 3. The van der Waals surface area contributed by atoms with Gasteiger partial charge in [-0.25, -0.2) is 0 Å². The van der Waals surface area contributed by atoms with Gasteiger partial charge >= 0.3 is 6.18 Å². The summed E-state index contributed by atoms with van der Waals surface area (Å²) in [5, 5.41) is 10.5. The number of carbonyl (C=O) groups is 1. The third-order valence-corrected chi connectivity index (χ3v) is 4.91. The van der Waals surface area contributed by atoms with Crippen LogP contribution in [-0.4, -0.2) is 55.4 Å². The Kier molecular flexibility index (Phi) is 6.40. The Hall–Kier alpha value is -2.94.